The molecule has 1 aromatic heterocycles. The number of anilines is 1. The fourth-order valence-electron chi connectivity index (χ4n) is 2.76. The molecule has 1 fully saturated rings. The van der Waals surface area contributed by atoms with Gasteiger partial charge in [-0.2, -0.15) is 0 Å². The lowest BCUT2D eigenvalue weighted by Gasteiger charge is -2.29. The summed E-state index contributed by atoms with van der Waals surface area (Å²) < 4.78 is 0. The molecule has 19 heavy (non-hydrogen) atoms. The van der Waals surface area contributed by atoms with Crippen LogP contribution in [0.3, 0.4) is 0 Å². The van der Waals surface area contributed by atoms with Gasteiger partial charge in [0.25, 0.3) is 5.91 Å². The summed E-state index contributed by atoms with van der Waals surface area (Å²) in [5.74, 6) is 6.06. The van der Waals surface area contributed by atoms with E-state index in [2.05, 4.69) is 22.7 Å². The number of hydrazine groups is 1. The van der Waals surface area contributed by atoms with Gasteiger partial charge in [-0.15, -0.1) is 0 Å². The predicted molar refractivity (Wildman–Crippen MR) is 75.6 cm³/mol. The van der Waals surface area contributed by atoms with E-state index in [-0.39, 0.29) is 11.9 Å². The van der Waals surface area contributed by atoms with Crippen molar-refractivity contribution in [3.05, 3.63) is 24.0 Å². The van der Waals surface area contributed by atoms with E-state index in [4.69, 9.17) is 5.84 Å². The number of rotatable bonds is 4. The molecule has 1 aliphatic carbocycles. The third kappa shape index (κ3) is 3.44. The number of aromatic nitrogens is 1. The van der Waals surface area contributed by atoms with E-state index in [9.17, 15) is 4.79 Å². The van der Waals surface area contributed by atoms with Crippen LogP contribution in [0.1, 0.15) is 49.4 Å². The first-order valence-electron chi connectivity index (χ1n) is 6.96. The topological polar surface area (TPSA) is 80.0 Å². The third-order valence-corrected chi connectivity index (χ3v) is 3.92. The highest BCUT2D eigenvalue weighted by Crippen LogP contribution is 2.27. The average Bonchev–Trinajstić information content (AvgIpc) is 2.47. The van der Waals surface area contributed by atoms with Gasteiger partial charge < -0.3 is 10.7 Å². The Hall–Kier alpha value is -1.62. The maximum atomic E-state index is 12.3. The molecule has 0 radical (unpaired) electrons. The summed E-state index contributed by atoms with van der Waals surface area (Å²) in [6, 6.07) is 1.97. The van der Waals surface area contributed by atoms with Crippen LogP contribution in [0.15, 0.2) is 18.5 Å². The van der Waals surface area contributed by atoms with Crippen LogP contribution in [-0.4, -0.2) is 16.9 Å². The van der Waals surface area contributed by atoms with Crippen molar-refractivity contribution in [2.45, 2.75) is 45.1 Å². The standard InChI is InChI=1S/C14H22N4O/c1-2-10-4-3-5-11(8-10)17-14(19)12-6-7-16-9-13(12)18-15/h6-7,9-11,18H,2-5,8,15H2,1H3,(H,17,19). The summed E-state index contributed by atoms with van der Waals surface area (Å²) in [6.45, 7) is 2.22. The smallest absolute Gasteiger partial charge is 0.253 e. The van der Waals surface area contributed by atoms with E-state index in [1.54, 1.807) is 18.5 Å². The summed E-state index contributed by atoms with van der Waals surface area (Å²) in [6.07, 6.45) is 8.99. The van der Waals surface area contributed by atoms with E-state index in [0.717, 1.165) is 18.8 Å². The van der Waals surface area contributed by atoms with Gasteiger partial charge in [0, 0.05) is 12.2 Å². The van der Waals surface area contributed by atoms with Gasteiger partial charge in [-0.25, -0.2) is 0 Å². The highest BCUT2D eigenvalue weighted by Gasteiger charge is 2.23. The van der Waals surface area contributed by atoms with E-state index >= 15 is 0 Å². The molecule has 2 unspecified atom stereocenters. The van der Waals surface area contributed by atoms with Gasteiger partial charge in [-0.1, -0.05) is 26.2 Å². The number of nitrogen functional groups attached to an aromatic ring is 1. The highest BCUT2D eigenvalue weighted by molar-refractivity contribution is 5.99. The minimum absolute atomic E-state index is 0.0721. The molecule has 104 valence electrons. The van der Waals surface area contributed by atoms with Crippen LogP contribution < -0.4 is 16.6 Å². The summed E-state index contributed by atoms with van der Waals surface area (Å²) >= 11 is 0. The Morgan fingerprint density at radius 2 is 2.37 bits per heavy atom. The number of nitrogens with one attached hydrogen (secondary N) is 2. The lowest BCUT2D eigenvalue weighted by molar-refractivity contribution is 0.0920. The highest BCUT2D eigenvalue weighted by atomic mass is 16.1. The lowest BCUT2D eigenvalue weighted by Crippen LogP contribution is -2.38. The molecule has 0 spiro atoms. The second kappa shape index (κ2) is 6.52. The molecule has 1 aromatic rings. The first-order chi connectivity index (χ1) is 9.24. The molecule has 5 heteroatoms. The Morgan fingerprint density at radius 1 is 1.53 bits per heavy atom. The Kier molecular flexibility index (Phi) is 4.74. The quantitative estimate of drug-likeness (QED) is 0.573. The molecule has 0 aromatic carbocycles. The summed E-state index contributed by atoms with van der Waals surface area (Å²) in [5.41, 5.74) is 3.62. The van der Waals surface area contributed by atoms with Crippen molar-refractivity contribution in [3.8, 4) is 0 Å². The Morgan fingerprint density at radius 3 is 3.11 bits per heavy atom. The van der Waals surface area contributed by atoms with Crippen LogP contribution in [0.5, 0.6) is 0 Å². The second-order valence-electron chi connectivity index (χ2n) is 5.18. The maximum Gasteiger partial charge on any atom is 0.253 e. The SMILES string of the molecule is CCC1CCCC(NC(=O)c2ccncc2NN)C1. The number of hydrogen-bond acceptors (Lipinski definition) is 4. The van der Waals surface area contributed by atoms with E-state index in [1.165, 1.54) is 19.3 Å². The van der Waals surface area contributed by atoms with Gasteiger partial charge in [0.05, 0.1) is 17.4 Å². The number of amides is 1. The average molecular weight is 262 g/mol. The zero-order chi connectivity index (χ0) is 13.7. The zero-order valence-corrected chi connectivity index (χ0v) is 11.4. The molecule has 1 heterocycles. The van der Waals surface area contributed by atoms with Crippen molar-refractivity contribution < 1.29 is 4.79 Å². The van der Waals surface area contributed by atoms with Crippen LogP contribution in [0.4, 0.5) is 5.69 Å². The van der Waals surface area contributed by atoms with Crippen molar-refractivity contribution in [2.75, 3.05) is 5.43 Å². The van der Waals surface area contributed by atoms with Gasteiger partial charge >= 0.3 is 0 Å². The van der Waals surface area contributed by atoms with Crippen molar-refractivity contribution in [1.82, 2.24) is 10.3 Å². The normalized spacial score (nSPS) is 22.8. The maximum absolute atomic E-state index is 12.3. The molecule has 0 bridgehead atoms. The minimum atomic E-state index is -0.0721. The van der Waals surface area contributed by atoms with E-state index < -0.39 is 0 Å². The van der Waals surface area contributed by atoms with E-state index in [0.29, 0.717) is 11.3 Å². The Balaban J connectivity index is 2.00. The van der Waals surface area contributed by atoms with Gasteiger partial charge in [-0.05, 0) is 24.8 Å². The molecule has 1 amide bonds. The third-order valence-electron chi connectivity index (χ3n) is 3.92. The van der Waals surface area contributed by atoms with Crippen LogP contribution in [0.2, 0.25) is 0 Å². The number of pyridine rings is 1. The van der Waals surface area contributed by atoms with Crippen molar-refractivity contribution in [3.63, 3.8) is 0 Å². The van der Waals surface area contributed by atoms with Crippen LogP contribution in [0.25, 0.3) is 0 Å². The molecule has 1 saturated carbocycles. The second-order valence-corrected chi connectivity index (χ2v) is 5.18. The zero-order valence-electron chi connectivity index (χ0n) is 11.4. The number of carbonyl (C=O) groups excluding carboxylic acids is 1. The molecule has 5 nitrogen and oxygen atoms in total. The van der Waals surface area contributed by atoms with E-state index in [1.807, 2.05) is 0 Å². The lowest BCUT2D eigenvalue weighted by atomic mass is 9.84. The summed E-state index contributed by atoms with van der Waals surface area (Å²) in [5, 5.41) is 3.11. The Bertz CT molecular complexity index is 435. The van der Waals surface area contributed by atoms with Crippen LogP contribution in [0, 0.1) is 5.92 Å². The van der Waals surface area contributed by atoms with Crippen molar-refractivity contribution in [1.29, 1.82) is 0 Å². The first kappa shape index (κ1) is 13.8. The monoisotopic (exact) mass is 262 g/mol. The molecular formula is C14H22N4O. The molecular weight excluding hydrogens is 240 g/mol. The minimum Gasteiger partial charge on any atom is -0.349 e. The summed E-state index contributed by atoms with van der Waals surface area (Å²) in [4.78, 5) is 16.2. The first-order valence-corrected chi connectivity index (χ1v) is 6.96. The van der Waals surface area contributed by atoms with Gasteiger partial charge in [0.1, 0.15) is 0 Å². The Labute approximate surface area is 114 Å². The number of nitrogens with two attached hydrogens (primary N) is 1. The molecule has 2 rings (SSSR count). The molecule has 0 saturated heterocycles. The fourth-order valence-corrected chi connectivity index (χ4v) is 2.76. The fraction of sp³-hybridized carbons (Fsp3) is 0.571. The van der Waals surface area contributed by atoms with Gasteiger partial charge in [0.2, 0.25) is 0 Å². The molecule has 4 N–H and O–H groups in total. The van der Waals surface area contributed by atoms with Crippen molar-refractivity contribution in [2.24, 2.45) is 11.8 Å². The van der Waals surface area contributed by atoms with Crippen LogP contribution >= 0.6 is 0 Å². The number of hydrogen-bond donors (Lipinski definition) is 3. The van der Waals surface area contributed by atoms with Crippen LogP contribution in [-0.2, 0) is 0 Å². The van der Waals surface area contributed by atoms with Crippen molar-refractivity contribution >= 4 is 11.6 Å². The predicted octanol–water partition coefficient (Wildman–Crippen LogP) is 2.07. The number of carbonyl (C=O) groups is 1. The molecule has 1 aliphatic rings. The molecule has 2 atom stereocenters. The number of nitrogens with zero attached hydrogens (tertiary/aromatic N) is 1. The van der Waals surface area contributed by atoms with Gasteiger partial charge in [-0.3, -0.25) is 15.6 Å². The van der Waals surface area contributed by atoms with Gasteiger partial charge in [0.15, 0.2) is 0 Å². The largest absolute Gasteiger partial charge is 0.349 e. The summed E-state index contributed by atoms with van der Waals surface area (Å²) in [7, 11) is 0. The molecule has 0 aliphatic heterocycles.